The van der Waals surface area contributed by atoms with E-state index in [1.54, 1.807) is 6.92 Å². The predicted octanol–water partition coefficient (Wildman–Crippen LogP) is 0.231. The van der Waals surface area contributed by atoms with Gasteiger partial charge < -0.3 is 14.0 Å². The second-order valence-corrected chi connectivity index (χ2v) is 6.98. The molecule has 0 unspecified atom stereocenters. The Morgan fingerprint density at radius 1 is 1.33 bits per heavy atom. The number of ether oxygens (including phenoxy) is 2. The first kappa shape index (κ1) is 18.1. The first-order valence-corrected chi connectivity index (χ1v) is 8.56. The van der Waals surface area contributed by atoms with Gasteiger partial charge in [0.1, 0.15) is 26.2 Å². The molecule has 1 fully saturated rings. The van der Waals surface area contributed by atoms with Crippen LogP contribution in [0.2, 0.25) is 0 Å². The molecule has 1 rings (SSSR count). The fourth-order valence-corrected chi connectivity index (χ4v) is 2.82. The van der Waals surface area contributed by atoms with Crippen LogP contribution in [-0.2, 0) is 24.4 Å². The minimum absolute atomic E-state index is 0.251. The SMILES string of the molecule is C=C(C)C(=O)OCC[N+]1(CCCS(=O)(=O)O)CCOCC1. The van der Waals surface area contributed by atoms with Gasteiger partial charge in [0.2, 0.25) is 0 Å². The molecule has 21 heavy (non-hydrogen) atoms. The van der Waals surface area contributed by atoms with E-state index < -0.39 is 16.1 Å². The minimum Gasteiger partial charge on any atom is -0.456 e. The second-order valence-electron chi connectivity index (χ2n) is 5.40. The first-order chi connectivity index (χ1) is 9.74. The van der Waals surface area contributed by atoms with Crippen LogP contribution in [-0.4, -0.2) is 75.2 Å². The molecule has 0 aromatic carbocycles. The number of rotatable bonds is 8. The maximum Gasteiger partial charge on any atom is 0.333 e. The van der Waals surface area contributed by atoms with Crippen LogP contribution in [0.4, 0.5) is 0 Å². The zero-order chi connectivity index (χ0) is 15.9. The van der Waals surface area contributed by atoms with Crippen molar-refractivity contribution in [3.05, 3.63) is 12.2 Å². The van der Waals surface area contributed by atoms with Gasteiger partial charge >= 0.3 is 5.97 Å². The molecule has 0 radical (unpaired) electrons. The summed E-state index contributed by atoms with van der Waals surface area (Å²) in [6, 6.07) is 0. The van der Waals surface area contributed by atoms with Crippen molar-refractivity contribution in [2.45, 2.75) is 13.3 Å². The van der Waals surface area contributed by atoms with E-state index in [9.17, 15) is 13.2 Å². The molecule has 1 heterocycles. The van der Waals surface area contributed by atoms with Crippen molar-refractivity contribution in [1.82, 2.24) is 0 Å². The quantitative estimate of drug-likeness (QED) is 0.298. The average Bonchev–Trinajstić information content (AvgIpc) is 2.38. The summed E-state index contributed by atoms with van der Waals surface area (Å²) in [4.78, 5) is 11.4. The molecule has 0 spiro atoms. The van der Waals surface area contributed by atoms with Crippen molar-refractivity contribution in [3.8, 4) is 0 Å². The molecule has 0 aromatic heterocycles. The van der Waals surface area contributed by atoms with Crippen molar-refractivity contribution < 1.29 is 31.7 Å². The fourth-order valence-electron chi connectivity index (χ4n) is 2.33. The fraction of sp³-hybridized carbons (Fsp3) is 0.769. The Labute approximate surface area is 125 Å². The van der Waals surface area contributed by atoms with Gasteiger partial charge in [0.15, 0.2) is 0 Å². The van der Waals surface area contributed by atoms with Gasteiger partial charge in [-0.2, -0.15) is 8.42 Å². The summed E-state index contributed by atoms with van der Waals surface area (Å²) in [5.41, 5.74) is 0.356. The summed E-state index contributed by atoms with van der Waals surface area (Å²) in [7, 11) is -3.94. The van der Waals surface area contributed by atoms with E-state index in [-0.39, 0.29) is 12.4 Å². The van der Waals surface area contributed by atoms with Crippen molar-refractivity contribution in [2.75, 3.05) is 51.8 Å². The summed E-state index contributed by atoms with van der Waals surface area (Å²) >= 11 is 0. The molecule has 0 atom stereocenters. The highest BCUT2D eigenvalue weighted by Crippen LogP contribution is 2.13. The molecule has 0 bridgehead atoms. The molecule has 1 saturated heterocycles. The first-order valence-electron chi connectivity index (χ1n) is 6.95. The van der Waals surface area contributed by atoms with Crippen LogP contribution in [0.15, 0.2) is 12.2 Å². The van der Waals surface area contributed by atoms with Gasteiger partial charge in [0.05, 0.1) is 25.5 Å². The highest BCUT2D eigenvalue weighted by Gasteiger charge is 2.30. The Balaban J connectivity index is 2.49. The van der Waals surface area contributed by atoms with E-state index in [0.717, 1.165) is 13.1 Å². The number of quaternary nitrogens is 1. The number of hydrogen-bond donors (Lipinski definition) is 1. The maximum atomic E-state index is 11.4. The van der Waals surface area contributed by atoms with E-state index in [0.29, 0.717) is 42.8 Å². The highest BCUT2D eigenvalue weighted by molar-refractivity contribution is 7.85. The molecule has 1 aliphatic rings. The van der Waals surface area contributed by atoms with E-state index in [1.165, 1.54) is 0 Å². The van der Waals surface area contributed by atoms with E-state index in [4.69, 9.17) is 14.0 Å². The Morgan fingerprint density at radius 3 is 2.48 bits per heavy atom. The third-order valence-corrected chi connectivity index (χ3v) is 4.41. The molecule has 0 saturated carbocycles. The topological polar surface area (TPSA) is 89.9 Å². The summed E-state index contributed by atoms with van der Waals surface area (Å²) in [5, 5.41) is 0. The molecule has 122 valence electrons. The summed E-state index contributed by atoms with van der Waals surface area (Å²) in [6.45, 7) is 9.27. The zero-order valence-electron chi connectivity index (χ0n) is 12.4. The van der Waals surface area contributed by atoms with Gasteiger partial charge in [-0.25, -0.2) is 4.79 Å². The number of carbonyl (C=O) groups is 1. The second kappa shape index (κ2) is 7.88. The molecule has 1 aliphatic heterocycles. The van der Waals surface area contributed by atoms with E-state index >= 15 is 0 Å². The summed E-state index contributed by atoms with van der Waals surface area (Å²) < 4.78 is 41.5. The largest absolute Gasteiger partial charge is 0.456 e. The number of esters is 1. The van der Waals surface area contributed by atoms with Gasteiger partial charge in [0.25, 0.3) is 10.1 Å². The van der Waals surface area contributed by atoms with Crippen LogP contribution < -0.4 is 0 Å². The lowest BCUT2D eigenvalue weighted by atomic mass is 10.2. The van der Waals surface area contributed by atoms with E-state index in [2.05, 4.69) is 6.58 Å². The predicted molar refractivity (Wildman–Crippen MR) is 77.4 cm³/mol. The molecule has 7 nitrogen and oxygen atoms in total. The molecule has 0 aromatic rings. The van der Waals surface area contributed by atoms with Crippen molar-refractivity contribution in [3.63, 3.8) is 0 Å². The number of morpholine rings is 1. The summed E-state index contributed by atoms with van der Waals surface area (Å²) in [5.74, 6) is -0.668. The van der Waals surface area contributed by atoms with Crippen LogP contribution in [0.5, 0.6) is 0 Å². The van der Waals surface area contributed by atoms with Gasteiger partial charge in [-0.15, -0.1) is 0 Å². The Bertz CT molecular complexity index is 467. The smallest absolute Gasteiger partial charge is 0.333 e. The monoisotopic (exact) mass is 322 g/mol. The van der Waals surface area contributed by atoms with Gasteiger partial charge in [-0.3, -0.25) is 4.55 Å². The maximum absolute atomic E-state index is 11.4. The van der Waals surface area contributed by atoms with Crippen LogP contribution in [0, 0.1) is 0 Å². The van der Waals surface area contributed by atoms with Crippen molar-refractivity contribution >= 4 is 16.1 Å². The average molecular weight is 322 g/mol. The zero-order valence-corrected chi connectivity index (χ0v) is 13.2. The standard InChI is InChI=1S/C13H23NO6S/c1-12(2)13(15)20-10-7-14(5-8-19-9-6-14)4-3-11-21(16,17)18/h1,3-11H2,2H3/p+1. The molecular formula is C13H24NO6S+. The molecule has 0 amide bonds. The third kappa shape index (κ3) is 7.03. The van der Waals surface area contributed by atoms with Crippen LogP contribution in [0.25, 0.3) is 0 Å². The normalized spacial score (nSPS) is 18.2. The molecule has 1 N–H and O–H groups in total. The van der Waals surface area contributed by atoms with Gasteiger partial charge in [-0.05, 0) is 6.92 Å². The molecular weight excluding hydrogens is 298 g/mol. The van der Waals surface area contributed by atoms with Gasteiger partial charge in [-0.1, -0.05) is 6.58 Å². The van der Waals surface area contributed by atoms with Crippen LogP contribution in [0.1, 0.15) is 13.3 Å². The van der Waals surface area contributed by atoms with Crippen LogP contribution in [0.3, 0.4) is 0 Å². The number of hydrogen-bond acceptors (Lipinski definition) is 5. The molecule has 0 aliphatic carbocycles. The van der Waals surface area contributed by atoms with Crippen molar-refractivity contribution in [2.24, 2.45) is 0 Å². The summed E-state index contributed by atoms with van der Waals surface area (Å²) in [6.07, 6.45) is 0.368. The van der Waals surface area contributed by atoms with Crippen molar-refractivity contribution in [1.29, 1.82) is 0 Å². The third-order valence-electron chi connectivity index (χ3n) is 3.60. The Hall–Kier alpha value is -0.960. The highest BCUT2D eigenvalue weighted by atomic mass is 32.2. The van der Waals surface area contributed by atoms with Gasteiger partial charge in [0, 0.05) is 12.0 Å². The lowest BCUT2D eigenvalue weighted by Gasteiger charge is -2.41. The Kier molecular flexibility index (Phi) is 6.79. The Morgan fingerprint density at radius 2 is 1.95 bits per heavy atom. The van der Waals surface area contributed by atoms with E-state index in [1.807, 2.05) is 0 Å². The lowest BCUT2D eigenvalue weighted by Crippen LogP contribution is -2.57. The molecule has 8 heteroatoms. The van der Waals surface area contributed by atoms with Crippen LogP contribution >= 0.6 is 0 Å². The minimum atomic E-state index is -3.94. The number of carbonyl (C=O) groups excluding carboxylic acids is 1. The lowest BCUT2D eigenvalue weighted by molar-refractivity contribution is -0.935. The number of nitrogens with zero attached hydrogens (tertiary/aromatic N) is 1.